The van der Waals surface area contributed by atoms with Crippen molar-refractivity contribution in [1.29, 1.82) is 0 Å². The van der Waals surface area contributed by atoms with Gasteiger partial charge in [-0.1, -0.05) is 12.1 Å². The summed E-state index contributed by atoms with van der Waals surface area (Å²) in [4.78, 5) is 10.1. The normalized spacial score (nSPS) is 12.2. The standard InChI is InChI=1S/C14H20NO6P/c1-4-20-22(18,21-5-2)11-19-14-8-6-13(7-9-14)10-12(3)15(16)17/h6-10H,4-5,11H2,1-3H3. The summed E-state index contributed by atoms with van der Waals surface area (Å²) in [6.45, 7) is 5.41. The molecule has 0 saturated carbocycles. The number of rotatable bonds is 9. The summed E-state index contributed by atoms with van der Waals surface area (Å²) in [5.41, 5.74) is 0.727. The molecular weight excluding hydrogens is 309 g/mol. The summed E-state index contributed by atoms with van der Waals surface area (Å²) in [5.74, 6) is 0.482. The Morgan fingerprint density at radius 2 is 1.77 bits per heavy atom. The molecule has 0 aliphatic rings. The van der Waals surface area contributed by atoms with Gasteiger partial charge in [-0.05, 0) is 31.5 Å². The molecule has 0 spiro atoms. The Balaban J connectivity index is 2.70. The molecule has 1 aromatic carbocycles. The van der Waals surface area contributed by atoms with Crippen molar-refractivity contribution in [1.82, 2.24) is 0 Å². The first-order chi connectivity index (χ1) is 10.4. The number of hydrogen-bond donors (Lipinski definition) is 0. The third kappa shape index (κ3) is 5.97. The lowest BCUT2D eigenvalue weighted by Gasteiger charge is -2.17. The molecule has 1 rings (SSSR count). The molecule has 7 nitrogen and oxygen atoms in total. The van der Waals surface area contributed by atoms with E-state index < -0.39 is 12.5 Å². The van der Waals surface area contributed by atoms with Crippen LogP contribution in [0.25, 0.3) is 6.08 Å². The van der Waals surface area contributed by atoms with Gasteiger partial charge >= 0.3 is 7.60 Å². The van der Waals surface area contributed by atoms with Gasteiger partial charge in [0.25, 0.3) is 0 Å². The van der Waals surface area contributed by atoms with Crippen molar-refractivity contribution in [3.63, 3.8) is 0 Å². The lowest BCUT2D eigenvalue weighted by molar-refractivity contribution is -0.422. The van der Waals surface area contributed by atoms with Gasteiger partial charge in [-0.2, -0.15) is 0 Å². The lowest BCUT2D eigenvalue weighted by Crippen LogP contribution is -2.05. The molecular formula is C14H20NO6P. The van der Waals surface area contributed by atoms with Gasteiger partial charge in [0.05, 0.1) is 18.1 Å². The predicted octanol–water partition coefficient (Wildman–Crippen LogP) is 3.93. The molecule has 0 aliphatic carbocycles. The summed E-state index contributed by atoms with van der Waals surface area (Å²) in [6.07, 6.45) is 1.27. The molecule has 1 aromatic rings. The fourth-order valence-corrected chi connectivity index (χ4v) is 2.93. The zero-order valence-corrected chi connectivity index (χ0v) is 13.7. The Labute approximate surface area is 129 Å². The number of ether oxygens (including phenoxy) is 1. The van der Waals surface area contributed by atoms with E-state index in [-0.39, 0.29) is 25.3 Å². The van der Waals surface area contributed by atoms with Crippen molar-refractivity contribution < 1.29 is 23.3 Å². The van der Waals surface area contributed by atoms with Crippen molar-refractivity contribution >= 4 is 13.7 Å². The third-order valence-electron chi connectivity index (χ3n) is 2.58. The van der Waals surface area contributed by atoms with Crippen molar-refractivity contribution in [2.75, 3.05) is 19.6 Å². The van der Waals surface area contributed by atoms with Gasteiger partial charge in [0, 0.05) is 13.0 Å². The van der Waals surface area contributed by atoms with E-state index in [1.54, 1.807) is 38.1 Å². The highest BCUT2D eigenvalue weighted by Gasteiger charge is 2.24. The first-order valence-corrected chi connectivity index (χ1v) is 8.56. The minimum absolute atomic E-state index is 0.0471. The summed E-state index contributed by atoms with van der Waals surface area (Å²) in [7, 11) is -3.26. The minimum atomic E-state index is -3.26. The largest absolute Gasteiger partial charge is 0.481 e. The summed E-state index contributed by atoms with van der Waals surface area (Å²) < 4.78 is 27.9. The molecule has 0 amide bonds. The second-order valence-electron chi connectivity index (χ2n) is 4.33. The van der Waals surface area contributed by atoms with E-state index in [2.05, 4.69) is 0 Å². The highest BCUT2D eigenvalue weighted by molar-refractivity contribution is 7.53. The van der Waals surface area contributed by atoms with Crippen LogP contribution in [-0.2, 0) is 13.6 Å². The van der Waals surface area contributed by atoms with Crippen LogP contribution in [0.3, 0.4) is 0 Å². The predicted molar refractivity (Wildman–Crippen MR) is 83.4 cm³/mol. The second-order valence-corrected chi connectivity index (χ2v) is 6.33. The monoisotopic (exact) mass is 329 g/mol. The van der Waals surface area contributed by atoms with Gasteiger partial charge in [-0.15, -0.1) is 0 Å². The van der Waals surface area contributed by atoms with Crippen molar-refractivity contribution in [3.8, 4) is 5.75 Å². The highest BCUT2D eigenvalue weighted by atomic mass is 31.2. The number of hydrogen-bond acceptors (Lipinski definition) is 6. The Morgan fingerprint density at radius 3 is 2.23 bits per heavy atom. The Kier molecular flexibility index (Phi) is 7.24. The lowest BCUT2D eigenvalue weighted by atomic mass is 10.2. The number of nitrogens with zero attached hydrogens (tertiary/aromatic N) is 1. The van der Waals surface area contributed by atoms with E-state index in [0.29, 0.717) is 11.3 Å². The van der Waals surface area contributed by atoms with Gasteiger partial charge in [-0.3, -0.25) is 14.7 Å². The quantitative estimate of drug-likeness (QED) is 0.387. The molecule has 0 radical (unpaired) electrons. The molecule has 0 N–H and O–H groups in total. The van der Waals surface area contributed by atoms with Gasteiger partial charge in [0.2, 0.25) is 5.70 Å². The number of allylic oxidation sites excluding steroid dienone is 1. The highest BCUT2D eigenvalue weighted by Crippen LogP contribution is 2.47. The molecule has 0 heterocycles. The molecule has 0 saturated heterocycles. The van der Waals surface area contributed by atoms with Gasteiger partial charge in [0.15, 0.2) is 6.35 Å². The maximum absolute atomic E-state index is 12.2. The van der Waals surface area contributed by atoms with Gasteiger partial charge in [0.1, 0.15) is 5.75 Å². The summed E-state index contributed by atoms with van der Waals surface area (Å²) in [5, 5.41) is 10.6. The average Bonchev–Trinajstić information content (AvgIpc) is 2.47. The Bertz CT molecular complexity index is 559. The van der Waals surface area contributed by atoms with Crippen molar-refractivity contribution in [2.45, 2.75) is 20.8 Å². The van der Waals surface area contributed by atoms with Gasteiger partial charge < -0.3 is 13.8 Å². The van der Waals surface area contributed by atoms with Gasteiger partial charge in [-0.25, -0.2) is 0 Å². The van der Waals surface area contributed by atoms with E-state index in [1.165, 1.54) is 13.0 Å². The third-order valence-corrected chi connectivity index (χ3v) is 4.33. The molecule has 122 valence electrons. The molecule has 0 atom stereocenters. The van der Waals surface area contributed by atoms with Crippen LogP contribution < -0.4 is 4.74 Å². The molecule has 8 heteroatoms. The fraction of sp³-hybridized carbons (Fsp3) is 0.429. The number of benzene rings is 1. The molecule has 0 unspecified atom stereocenters. The van der Waals surface area contributed by atoms with Crippen LogP contribution in [0, 0.1) is 10.1 Å². The van der Waals surface area contributed by atoms with Crippen LogP contribution in [0.15, 0.2) is 30.0 Å². The van der Waals surface area contributed by atoms with E-state index in [4.69, 9.17) is 13.8 Å². The molecule has 22 heavy (non-hydrogen) atoms. The zero-order valence-electron chi connectivity index (χ0n) is 12.9. The maximum Gasteiger partial charge on any atom is 0.367 e. The van der Waals surface area contributed by atoms with Crippen LogP contribution in [0.1, 0.15) is 26.3 Å². The van der Waals surface area contributed by atoms with Crippen LogP contribution in [-0.4, -0.2) is 24.5 Å². The first kappa shape index (κ1) is 18.4. The van der Waals surface area contributed by atoms with Crippen molar-refractivity contribution in [2.24, 2.45) is 0 Å². The minimum Gasteiger partial charge on any atom is -0.481 e. The fourth-order valence-electron chi connectivity index (χ4n) is 1.61. The second kappa shape index (κ2) is 8.68. The Morgan fingerprint density at radius 1 is 1.23 bits per heavy atom. The van der Waals surface area contributed by atoms with Crippen molar-refractivity contribution in [3.05, 3.63) is 45.6 Å². The van der Waals surface area contributed by atoms with E-state index in [0.717, 1.165) is 0 Å². The first-order valence-electron chi connectivity index (χ1n) is 6.84. The van der Waals surface area contributed by atoms with Crippen LogP contribution >= 0.6 is 7.60 Å². The number of nitro groups is 1. The maximum atomic E-state index is 12.2. The molecule has 0 aliphatic heterocycles. The Hall–Kier alpha value is -1.69. The van der Waals surface area contributed by atoms with Crippen LogP contribution in [0.4, 0.5) is 0 Å². The molecule has 0 aromatic heterocycles. The van der Waals surface area contributed by atoms with E-state index >= 15 is 0 Å². The smallest absolute Gasteiger partial charge is 0.367 e. The summed E-state index contributed by atoms with van der Waals surface area (Å²) in [6, 6.07) is 6.63. The van der Waals surface area contributed by atoms with Crippen LogP contribution in [0.2, 0.25) is 0 Å². The molecule has 0 bridgehead atoms. The van der Waals surface area contributed by atoms with E-state index in [1.807, 2.05) is 0 Å². The SMILES string of the molecule is CCOP(=O)(COc1ccc(C=C(C)[N+](=O)[O-])cc1)OCC. The van der Waals surface area contributed by atoms with Crippen LogP contribution in [0.5, 0.6) is 5.75 Å². The topological polar surface area (TPSA) is 87.9 Å². The molecule has 0 fully saturated rings. The average molecular weight is 329 g/mol. The summed E-state index contributed by atoms with van der Waals surface area (Å²) >= 11 is 0. The zero-order chi connectivity index (χ0) is 16.6. The van der Waals surface area contributed by atoms with E-state index in [9.17, 15) is 14.7 Å².